The number of sulfonamides is 1. The first kappa shape index (κ1) is 21.5. The van der Waals surface area contributed by atoms with Gasteiger partial charge in [0.2, 0.25) is 6.20 Å². The van der Waals surface area contributed by atoms with E-state index in [1.165, 1.54) is 0 Å². The van der Waals surface area contributed by atoms with E-state index < -0.39 is 50.8 Å². The largest absolute Gasteiger partial charge is 0.619 e. The number of nitrogens with zero attached hydrogens (tertiary/aromatic N) is 2. The van der Waals surface area contributed by atoms with E-state index in [9.17, 15) is 40.7 Å². The summed E-state index contributed by atoms with van der Waals surface area (Å²) >= 11 is 0. The van der Waals surface area contributed by atoms with Gasteiger partial charge >= 0.3 is 15.5 Å². The summed E-state index contributed by atoms with van der Waals surface area (Å²) in [7, 11) is -5.95. The van der Waals surface area contributed by atoms with Crippen molar-refractivity contribution < 1.29 is 44.9 Å². The van der Waals surface area contributed by atoms with Gasteiger partial charge in [0, 0.05) is 23.6 Å². The molecule has 1 atom stereocenters. The molecule has 0 saturated heterocycles. The van der Waals surface area contributed by atoms with Crippen LogP contribution in [0.1, 0.15) is 22.8 Å². The lowest BCUT2D eigenvalue weighted by Crippen LogP contribution is -2.30. The topological polar surface area (TPSA) is 126 Å². The molecule has 30 heavy (non-hydrogen) atoms. The molecule has 0 bridgehead atoms. The Bertz CT molecular complexity index is 1160. The van der Waals surface area contributed by atoms with Crippen LogP contribution >= 0.6 is 0 Å². The molecule has 1 aromatic heterocycles. The number of benzene rings is 1. The first-order valence-corrected chi connectivity index (χ1v) is 9.36. The molecule has 2 aromatic rings. The highest BCUT2D eigenvalue weighted by Crippen LogP contribution is 2.50. The van der Waals surface area contributed by atoms with E-state index in [4.69, 9.17) is 10.00 Å². The number of nitrogens with one attached hydrogen (secondary N) is 1. The molecule has 0 amide bonds. The lowest BCUT2D eigenvalue weighted by molar-refractivity contribution is -0.605. The zero-order valence-corrected chi connectivity index (χ0v) is 15.3. The molecule has 1 aliphatic rings. The van der Waals surface area contributed by atoms with Gasteiger partial charge in [-0.25, -0.2) is 8.78 Å². The Morgan fingerprint density at radius 2 is 2.00 bits per heavy atom. The van der Waals surface area contributed by atoms with Crippen LogP contribution in [0.2, 0.25) is 0 Å². The summed E-state index contributed by atoms with van der Waals surface area (Å²) in [4.78, 5) is 0. The fraction of sp³-hybridized carbons (Fsp3) is 0.250. The Labute approximate surface area is 165 Å². The van der Waals surface area contributed by atoms with E-state index in [0.717, 1.165) is 29.2 Å². The lowest BCUT2D eigenvalue weighted by atomic mass is 10.1. The van der Waals surface area contributed by atoms with Crippen LogP contribution in [0.25, 0.3) is 0 Å². The van der Waals surface area contributed by atoms with Crippen molar-refractivity contribution in [1.29, 1.82) is 5.26 Å². The van der Waals surface area contributed by atoms with Crippen molar-refractivity contribution in [1.82, 2.24) is 0 Å². The predicted molar refractivity (Wildman–Crippen MR) is 88.8 cm³/mol. The monoisotopic (exact) mass is 451 g/mol. The second-order valence-electron chi connectivity index (χ2n) is 6.23. The van der Waals surface area contributed by atoms with Crippen molar-refractivity contribution in [3.8, 4) is 17.6 Å². The summed E-state index contributed by atoms with van der Waals surface area (Å²) in [5.74, 6) is -4.45. The number of alkyl halides is 5. The van der Waals surface area contributed by atoms with Gasteiger partial charge in [-0.15, -0.1) is 0 Å². The van der Waals surface area contributed by atoms with E-state index in [-0.39, 0.29) is 21.8 Å². The Morgan fingerprint density at radius 3 is 2.60 bits per heavy atom. The Balaban J connectivity index is 2.09. The maximum atomic E-state index is 14.1. The van der Waals surface area contributed by atoms with Crippen LogP contribution < -0.4 is 14.2 Å². The molecule has 0 unspecified atom stereocenters. The van der Waals surface area contributed by atoms with E-state index in [1.54, 1.807) is 6.07 Å². The molecule has 0 saturated carbocycles. The van der Waals surface area contributed by atoms with Crippen molar-refractivity contribution in [2.75, 3.05) is 4.72 Å². The summed E-state index contributed by atoms with van der Waals surface area (Å²) in [5, 5.41) is 30.3. The number of halogens is 5. The molecule has 1 heterocycles. The van der Waals surface area contributed by atoms with E-state index in [0.29, 0.717) is 6.07 Å². The van der Waals surface area contributed by atoms with Crippen molar-refractivity contribution in [3.05, 3.63) is 52.5 Å². The number of anilines is 1. The molecule has 2 N–H and O–H groups in total. The minimum Gasteiger partial charge on any atom is -0.619 e. The number of aromatic nitrogens is 1. The third kappa shape index (κ3) is 3.81. The van der Waals surface area contributed by atoms with Crippen molar-refractivity contribution in [2.24, 2.45) is 0 Å². The van der Waals surface area contributed by atoms with Gasteiger partial charge in [0.1, 0.15) is 23.5 Å². The van der Waals surface area contributed by atoms with Crippen LogP contribution in [0.3, 0.4) is 0 Å². The number of hydrogen-bond acceptors (Lipinski definition) is 6. The van der Waals surface area contributed by atoms with E-state index in [1.807, 2.05) is 0 Å². The van der Waals surface area contributed by atoms with E-state index >= 15 is 0 Å². The van der Waals surface area contributed by atoms with E-state index in [2.05, 4.69) is 0 Å². The highest BCUT2D eigenvalue weighted by atomic mass is 32.2. The number of ether oxygens (including phenoxy) is 1. The molecule has 0 fully saturated rings. The highest BCUT2D eigenvalue weighted by molar-refractivity contribution is 7.93. The number of fused-ring (bicyclic) bond motifs is 1. The third-order valence-corrected chi connectivity index (χ3v) is 5.22. The second-order valence-corrected chi connectivity index (χ2v) is 7.90. The van der Waals surface area contributed by atoms with Gasteiger partial charge in [-0.05, 0) is 12.1 Å². The quantitative estimate of drug-likeness (QED) is 0.418. The molecular weight excluding hydrogens is 441 g/mol. The van der Waals surface area contributed by atoms with Crippen LogP contribution in [-0.2, 0) is 16.4 Å². The number of aliphatic hydroxyl groups excluding tert-OH is 1. The van der Waals surface area contributed by atoms with Crippen LogP contribution in [0.15, 0.2) is 30.6 Å². The summed E-state index contributed by atoms with van der Waals surface area (Å²) in [6.45, 7) is 0. The molecule has 0 aliphatic heterocycles. The smallest absolute Gasteiger partial charge is 0.516 e. The molecule has 1 aliphatic carbocycles. The van der Waals surface area contributed by atoms with Gasteiger partial charge < -0.3 is 15.1 Å². The van der Waals surface area contributed by atoms with Crippen molar-refractivity contribution in [2.45, 2.75) is 24.0 Å². The standard InChI is InChI=1S/C16H10F5N3O5S/c17-15(18)4-10-12(29-9-3-8(5-22)6-24(26)7-9)2-1-11(13(10)14(15)25)23-30(27,28)16(19,20)21/h1-3,6-7,14,23,25H,4H2/t14-/m0/s1. The second kappa shape index (κ2) is 6.96. The van der Waals surface area contributed by atoms with Crippen molar-refractivity contribution >= 4 is 15.7 Å². The predicted octanol–water partition coefficient (Wildman–Crippen LogP) is 2.47. The van der Waals surface area contributed by atoms with Crippen LogP contribution in [0, 0.1) is 16.5 Å². The average molecular weight is 451 g/mol. The molecular formula is C16H10F5N3O5S. The van der Waals surface area contributed by atoms with Gasteiger partial charge in [-0.3, -0.25) is 4.72 Å². The number of hydrogen-bond donors (Lipinski definition) is 2. The van der Waals surface area contributed by atoms with Crippen LogP contribution in [-0.4, -0.2) is 25.0 Å². The minimum absolute atomic E-state index is 0.126. The molecule has 1 aromatic carbocycles. The maximum Gasteiger partial charge on any atom is 0.516 e. The normalized spacial score (nSPS) is 17.8. The summed E-state index contributed by atoms with van der Waals surface area (Å²) in [6.07, 6.45) is -2.02. The molecule has 8 nitrogen and oxygen atoms in total. The highest BCUT2D eigenvalue weighted by Gasteiger charge is 2.51. The first-order valence-electron chi connectivity index (χ1n) is 7.88. The molecule has 160 valence electrons. The molecule has 14 heteroatoms. The fourth-order valence-electron chi connectivity index (χ4n) is 2.84. The number of rotatable bonds is 4. The summed E-state index contributed by atoms with van der Waals surface area (Å²) < 4.78 is 95.5. The van der Waals surface area contributed by atoms with Gasteiger partial charge in [-0.1, -0.05) is 0 Å². The SMILES string of the molecule is N#Cc1cc(Oc2ccc(NS(=O)(=O)C(F)(F)F)c3c2CC(F)(F)[C@H]3O)c[n+]([O-])c1. The zero-order chi connectivity index (χ0) is 22.5. The zero-order valence-electron chi connectivity index (χ0n) is 14.4. The number of pyridine rings is 1. The lowest BCUT2D eigenvalue weighted by Gasteiger charge is -2.18. The maximum absolute atomic E-state index is 14.1. The Morgan fingerprint density at radius 1 is 1.33 bits per heavy atom. The Kier molecular flexibility index (Phi) is 4.99. The molecule has 0 radical (unpaired) electrons. The van der Waals surface area contributed by atoms with Gasteiger partial charge in [0.15, 0.2) is 11.9 Å². The number of nitriles is 1. The molecule has 0 spiro atoms. The Hall–Kier alpha value is -3.18. The van der Waals surface area contributed by atoms with Gasteiger partial charge in [-0.2, -0.15) is 31.6 Å². The molecule has 3 rings (SSSR count). The minimum atomic E-state index is -5.95. The van der Waals surface area contributed by atoms with Crippen LogP contribution in [0.4, 0.5) is 27.6 Å². The van der Waals surface area contributed by atoms with Crippen molar-refractivity contribution in [3.63, 3.8) is 0 Å². The van der Waals surface area contributed by atoms with Crippen LogP contribution in [0.5, 0.6) is 11.5 Å². The summed E-state index contributed by atoms with van der Waals surface area (Å²) in [6, 6.07) is 4.38. The fourth-order valence-corrected chi connectivity index (χ4v) is 3.42. The average Bonchev–Trinajstić information content (AvgIpc) is 2.86. The number of aliphatic hydroxyl groups is 1. The third-order valence-electron chi connectivity index (χ3n) is 4.12. The van der Waals surface area contributed by atoms with Gasteiger partial charge in [0.25, 0.3) is 5.92 Å². The summed E-state index contributed by atoms with van der Waals surface area (Å²) in [5.41, 5.74) is -8.00. The first-order chi connectivity index (χ1) is 13.7. The van der Waals surface area contributed by atoms with Gasteiger partial charge in [0.05, 0.1) is 5.69 Å².